The van der Waals surface area contributed by atoms with E-state index in [2.05, 4.69) is 40.0 Å². The number of amides is 1. The molecule has 1 fully saturated rings. The van der Waals surface area contributed by atoms with Gasteiger partial charge in [-0.2, -0.15) is 0 Å². The number of rotatable bonds is 4. The monoisotopic (exact) mass is 378 g/mol. The summed E-state index contributed by atoms with van der Waals surface area (Å²) in [5, 5.41) is 3.08. The minimum Gasteiger partial charge on any atom is -0.329 e. The second-order valence-corrected chi connectivity index (χ2v) is 7.29. The molecule has 28 heavy (non-hydrogen) atoms. The summed E-state index contributed by atoms with van der Waals surface area (Å²) in [5.74, 6) is 0.976. The minimum atomic E-state index is -0.279. The van der Waals surface area contributed by atoms with Crippen LogP contribution in [0.5, 0.6) is 0 Å². The highest BCUT2D eigenvalue weighted by molar-refractivity contribution is 5.97. The summed E-state index contributed by atoms with van der Waals surface area (Å²) < 4.78 is 0. The second kappa shape index (κ2) is 7.72. The summed E-state index contributed by atoms with van der Waals surface area (Å²) in [4.78, 5) is 23.7. The van der Waals surface area contributed by atoms with E-state index in [0.717, 1.165) is 35.5 Å². The minimum absolute atomic E-state index is 0. The standard InChI is InChI=1S/C21H24N6O.H2/c1-14-11-19(27(13-14)21-22-8-4-9-23-21)20(28)25-16-7-6-15(2)17(12-16)18-5-3-10-24-26-18;/h3-10,12,14,19,24,26H,11,13H2,1-2H3,(H,25,28);1H/t14-,19-;/m1./s1. The van der Waals surface area contributed by atoms with Crippen LogP contribution in [0.4, 0.5) is 11.6 Å². The maximum absolute atomic E-state index is 13.1. The third-order valence-corrected chi connectivity index (χ3v) is 5.07. The Balaban J connectivity index is 0.00000240. The summed E-state index contributed by atoms with van der Waals surface area (Å²) in [5.41, 5.74) is 10.0. The van der Waals surface area contributed by atoms with Crippen LogP contribution in [0.3, 0.4) is 0 Å². The van der Waals surface area contributed by atoms with Gasteiger partial charge in [-0.25, -0.2) is 9.97 Å². The number of carbonyl (C=O) groups is 1. The Hall–Kier alpha value is -3.35. The number of nitrogens with one attached hydrogen (secondary N) is 3. The van der Waals surface area contributed by atoms with Crippen LogP contribution in [-0.4, -0.2) is 28.5 Å². The van der Waals surface area contributed by atoms with Crippen molar-refractivity contribution in [2.24, 2.45) is 5.92 Å². The lowest BCUT2D eigenvalue weighted by molar-refractivity contribution is -0.117. The Morgan fingerprint density at radius 3 is 2.89 bits per heavy atom. The zero-order valence-electron chi connectivity index (χ0n) is 16.0. The zero-order chi connectivity index (χ0) is 19.5. The summed E-state index contributed by atoms with van der Waals surface area (Å²) in [6, 6.07) is 7.45. The lowest BCUT2D eigenvalue weighted by atomic mass is 10.0. The lowest BCUT2D eigenvalue weighted by Crippen LogP contribution is -2.40. The van der Waals surface area contributed by atoms with E-state index < -0.39 is 0 Å². The van der Waals surface area contributed by atoms with Gasteiger partial charge in [-0.3, -0.25) is 4.79 Å². The number of aryl methyl sites for hydroxylation is 1. The molecule has 0 radical (unpaired) electrons. The number of hydrogen-bond acceptors (Lipinski definition) is 6. The van der Waals surface area contributed by atoms with Gasteiger partial charge in [-0.05, 0) is 55.2 Å². The van der Waals surface area contributed by atoms with Crippen molar-refractivity contribution in [3.8, 4) is 0 Å². The first-order valence-corrected chi connectivity index (χ1v) is 9.46. The van der Waals surface area contributed by atoms with Gasteiger partial charge < -0.3 is 21.1 Å². The van der Waals surface area contributed by atoms with Crippen LogP contribution in [0.15, 0.2) is 55.0 Å². The van der Waals surface area contributed by atoms with E-state index in [1.165, 1.54) is 0 Å². The highest BCUT2D eigenvalue weighted by Gasteiger charge is 2.36. The van der Waals surface area contributed by atoms with Gasteiger partial charge in [0.2, 0.25) is 11.9 Å². The summed E-state index contributed by atoms with van der Waals surface area (Å²) in [6.45, 7) is 4.97. The summed E-state index contributed by atoms with van der Waals surface area (Å²) in [6.07, 6.45) is 9.96. The molecule has 3 heterocycles. The molecule has 1 aromatic carbocycles. The van der Waals surface area contributed by atoms with Crippen molar-refractivity contribution in [2.45, 2.75) is 26.3 Å². The van der Waals surface area contributed by atoms with Crippen molar-refractivity contribution in [2.75, 3.05) is 16.8 Å². The van der Waals surface area contributed by atoms with Crippen molar-refractivity contribution < 1.29 is 6.22 Å². The van der Waals surface area contributed by atoms with Crippen LogP contribution in [0.2, 0.25) is 0 Å². The van der Waals surface area contributed by atoms with Crippen LogP contribution < -0.4 is 21.1 Å². The van der Waals surface area contributed by atoms with Gasteiger partial charge in [0.25, 0.3) is 0 Å². The molecule has 1 aromatic heterocycles. The number of aromatic nitrogens is 2. The fraction of sp³-hybridized carbons (Fsp3) is 0.286. The van der Waals surface area contributed by atoms with Gasteiger partial charge >= 0.3 is 0 Å². The largest absolute Gasteiger partial charge is 0.329 e. The first kappa shape index (κ1) is 18.0. The number of hydrazine groups is 1. The molecule has 7 nitrogen and oxygen atoms in total. The first-order chi connectivity index (χ1) is 13.6. The number of nitrogens with zero attached hydrogens (tertiary/aromatic N) is 3. The molecule has 0 unspecified atom stereocenters. The third kappa shape index (κ3) is 3.69. The van der Waals surface area contributed by atoms with Gasteiger partial charge in [0.1, 0.15) is 6.04 Å². The van der Waals surface area contributed by atoms with E-state index in [-0.39, 0.29) is 13.4 Å². The van der Waals surface area contributed by atoms with E-state index in [1.807, 2.05) is 41.5 Å². The Morgan fingerprint density at radius 1 is 1.32 bits per heavy atom. The molecule has 2 atom stereocenters. The van der Waals surface area contributed by atoms with Gasteiger partial charge in [0, 0.05) is 37.8 Å². The number of carbonyl (C=O) groups excluding carboxylic acids is 1. The summed E-state index contributed by atoms with van der Waals surface area (Å²) >= 11 is 0. The van der Waals surface area contributed by atoms with Gasteiger partial charge in [0.15, 0.2) is 0 Å². The molecule has 0 spiro atoms. The third-order valence-electron chi connectivity index (χ3n) is 5.07. The Kier molecular flexibility index (Phi) is 4.97. The molecule has 146 valence electrons. The molecule has 0 saturated carbocycles. The molecular weight excluding hydrogens is 352 g/mol. The highest BCUT2D eigenvalue weighted by Crippen LogP contribution is 2.28. The first-order valence-electron chi connectivity index (χ1n) is 9.46. The number of allylic oxidation sites excluding steroid dienone is 2. The fourth-order valence-electron chi connectivity index (χ4n) is 3.68. The van der Waals surface area contributed by atoms with Crippen LogP contribution in [0, 0.1) is 12.8 Å². The Bertz CT molecular complexity index is 930. The van der Waals surface area contributed by atoms with Gasteiger partial charge in [-0.1, -0.05) is 13.0 Å². The van der Waals surface area contributed by atoms with Crippen molar-refractivity contribution >= 4 is 23.2 Å². The normalized spacial score (nSPS) is 20.9. The van der Waals surface area contributed by atoms with E-state index in [0.29, 0.717) is 11.9 Å². The van der Waals surface area contributed by atoms with Crippen LogP contribution >= 0.6 is 0 Å². The maximum Gasteiger partial charge on any atom is 0.247 e. The average Bonchev–Trinajstić information content (AvgIpc) is 3.13. The van der Waals surface area contributed by atoms with E-state index in [1.54, 1.807) is 18.5 Å². The molecule has 0 bridgehead atoms. The van der Waals surface area contributed by atoms with Crippen LogP contribution in [0.1, 0.15) is 25.9 Å². The quantitative estimate of drug-likeness (QED) is 0.759. The lowest BCUT2D eigenvalue weighted by Gasteiger charge is -2.24. The molecule has 2 aromatic rings. The average molecular weight is 378 g/mol. The predicted molar refractivity (Wildman–Crippen MR) is 112 cm³/mol. The van der Waals surface area contributed by atoms with Crippen molar-refractivity contribution in [3.05, 3.63) is 66.1 Å². The Labute approximate surface area is 166 Å². The SMILES string of the molecule is Cc1ccc(NC(=O)[C@H]2C[C@@H](C)CN2c2ncccn2)cc1C1=CC=CNN1.[HH]. The van der Waals surface area contributed by atoms with Crippen molar-refractivity contribution in [3.63, 3.8) is 0 Å². The highest BCUT2D eigenvalue weighted by atomic mass is 16.2. The van der Waals surface area contributed by atoms with E-state index in [4.69, 9.17) is 0 Å². The van der Waals surface area contributed by atoms with Crippen LogP contribution in [0.25, 0.3) is 5.70 Å². The molecule has 2 aliphatic rings. The fourth-order valence-corrected chi connectivity index (χ4v) is 3.68. The van der Waals surface area contributed by atoms with E-state index in [9.17, 15) is 4.79 Å². The maximum atomic E-state index is 13.1. The van der Waals surface area contributed by atoms with Crippen molar-refractivity contribution in [1.29, 1.82) is 0 Å². The second-order valence-electron chi connectivity index (χ2n) is 7.29. The molecule has 1 saturated heterocycles. The van der Waals surface area contributed by atoms with Gasteiger partial charge in [-0.15, -0.1) is 0 Å². The van der Waals surface area contributed by atoms with Crippen LogP contribution in [-0.2, 0) is 4.79 Å². The topological polar surface area (TPSA) is 82.2 Å². The molecule has 4 rings (SSSR count). The molecule has 3 N–H and O–H groups in total. The van der Waals surface area contributed by atoms with Gasteiger partial charge in [0.05, 0.1) is 5.70 Å². The Morgan fingerprint density at radius 2 is 2.14 bits per heavy atom. The van der Waals surface area contributed by atoms with Crippen molar-refractivity contribution in [1.82, 2.24) is 20.8 Å². The molecule has 2 aliphatic heterocycles. The molecule has 0 aliphatic carbocycles. The number of benzene rings is 1. The smallest absolute Gasteiger partial charge is 0.247 e. The van der Waals surface area contributed by atoms with E-state index >= 15 is 0 Å². The number of hydrogen-bond donors (Lipinski definition) is 3. The zero-order valence-corrected chi connectivity index (χ0v) is 16.0. The summed E-state index contributed by atoms with van der Waals surface area (Å²) in [7, 11) is 0. The molecule has 7 heteroatoms. The molecule has 1 amide bonds. The number of anilines is 2. The molecular formula is C21H26N6O. The predicted octanol–water partition coefficient (Wildman–Crippen LogP) is 2.85.